The van der Waals surface area contributed by atoms with Crippen molar-refractivity contribution in [2.75, 3.05) is 0 Å². The van der Waals surface area contributed by atoms with Gasteiger partial charge in [0.25, 0.3) is 5.91 Å². The van der Waals surface area contributed by atoms with E-state index in [2.05, 4.69) is 15.5 Å². The highest BCUT2D eigenvalue weighted by Gasteiger charge is 2.12. The fourth-order valence-corrected chi connectivity index (χ4v) is 2.31. The normalized spacial score (nSPS) is 10.5. The Hall–Kier alpha value is -2.95. The molecule has 1 N–H and O–H groups in total. The molecule has 0 aliphatic carbocycles. The van der Waals surface area contributed by atoms with Gasteiger partial charge in [-0.3, -0.25) is 4.79 Å². The van der Waals surface area contributed by atoms with E-state index < -0.39 is 0 Å². The molecule has 0 radical (unpaired) electrons. The Kier molecular flexibility index (Phi) is 4.19. The first-order valence-electron chi connectivity index (χ1n) is 7.37. The molecule has 1 amide bonds. The van der Waals surface area contributed by atoms with Crippen LogP contribution in [0.15, 0.2) is 53.1 Å². The molecule has 23 heavy (non-hydrogen) atoms. The molecule has 0 bridgehead atoms. The van der Waals surface area contributed by atoms with Crippen LogP contribution < -0.4 is 5.32 Å². The summed E-state index contributed by atoms with van der Waals surface area (Å²) in [6.45, 7) is 4.11. The highest BCUT2D eigenvalue weighted by molar-refractivity contribution is 5.95. The summed E-state index contributed by atoms with van der Waals surface area (Å²) in [5, 5.41) is 6.76. The Morgan fingerprint density at radius 3 is 2.74 bits per heavy atom. The fraction of sp³-hybridized carbons (Fsp3) is 0.167. The fourth-order valence-electron chi connectivity index (χ4n) is 2.31. The molecule has 0 atom stereocenters. The lowest BCUT2D eigenvalue weighted by atomic mass is 10.1. The minimum atomic E-state index is -0.154. The van der Waals surface area contributed by atoms with Crippen LogP contribution in [0.5, 0.6) is 0 Å². The molecule has 0 aliphatic heterocycles. The number of rotatable bonds is 4. The van der Waals surface area contributed by atoms with Crippen molar-refractivity contribution < 1.29 is 9.32 Å². The zero-order valence-electron chi connectivity index (χ0n) is 13.0. The lowest BCUT2D eigenvalue weighted by Gasteiger charge is -2.04. The Morgan fingerprint density at radius 1 is 1.13 bits per heavy atom. The number of carbonyl (C=O) groups excluding carboxylic acids is 1. The lowest BCUT2D eigenvalue weighted by molar-refractivity contribution is 0.0945. The molecular formula is C18H17N3O2. The van der Waals surface area contributed by atoms with Gasteiger partial charge in [0.05, 0.1) is 6.54 Å². The Morgan fingerprint density at radius 2 is 1.96 bits per heavy atom. The molecule has 1 aromatic heterocycles. The van der Waals surface area contributed by atoms with E-state index in [1.807, 2.05) is 56.3 Å². The predicted octanol–water partition coefficient (Wildman–Crippen LogP) is 3.28. The zero-order chi connectivity index (χ0) is 16.2. The summed E-state index contributed by atoms with van der Waals surface area (Å²) in [5.74, 6) is 0.746. The SMILES string of the molecule is Cc1cccc(-c2noc(CNC(=O)c3ccccc3C)n2)c1. The first-order chi connectivity index (χ1) is 11.1. The smallest absolute Gasteiger partial charge is 0.251 e. The Balaban J connectivity index is 1.68. The van der Waals surface area contributed by atoms with Gasteiger partial charge in [0, 0.05) is 11.1 Å². The van der Waals surface area contributed by atoms with Gasteiger partial charge < -0.3 is 9.84 Å². The highest BCUT2D eigenvalue weighted by atomic mass is 16.5. The Labute approximate surface area is 134 Å². The van der Waals surface area contributed by atoms with E-state index >= 15 is 0 Å². The average Bonchev–Trinajstić information content (AvgIpc) is 3.02. The number of amides is 1. The second-order valence-electron chi connectivity index (χ2n) is 5.38. The van der Waals surface area contributed by atoms with Gasteiger partial charge in [-0.15, -0.1) is 0 Å². The van der Waals surface area contributed by atoms with Gasteiger partial charge in [-0.25, -0.2) is 0 Å². The molecule has 3 rings (SSSR count). The summed E-state index contributed by atoms with van der Waals surface area (Å²) < 4.78 is 5.20. The van der Waals surface area contributed by atoms with E-state index in [1.54, 1.807) is 6.07 Å². The van der Waals surface area contributed by atoms with Gasteiger partial charge in [-0.05, 0) is 31.5 Å². The number of hydrogen-bond donors (Lipinski definition) is 1. The Bertz CT molecular complexity index is 840. The molecule has 1 heterocycles. The maximum Gasteiger partial charge on any atom is 0.251 e. The van der Waals surface area contributed by atoms with Crippen molar-refractivity contribution in [3.63, 3.8) is 0 Å². The minimum absolute atomic E-state index is 0.154. The molecule has 5 nitrogen and oxygen atoms in total. The van der Waals surface area contributed by atoms with E-state index in [-0.39, 0.29) is 12.5 Å². The van der Waals surface area contributed by atoms with Crippen molar-refractivity contribution in [2.24, 2.45) is 0 Å². The van der Waals surface area contributed by atoms with Crippen LogP contribution in [0.3, 0.4) is 0 Å². The number of aromatic nitrogens is 2. The molecule has 0 unspecified atom stereocenters. The van der Waals surface area contributed by atoms with E-state index in [0.717, 1.165) is 16.7 Å². The summed E-state index contributed by atoms with van der Waals surface area (Å²) in [5.41, 5.74) is 3.59. The van der Waals surface area contributed by atoms with Crippen LogP contribution in [0.1, 0.15) is 27.4 Å². The van der Waals surface area contributed by atoms with Crippen LogP contribution in [0.25, 0.3) is 11.4 Å². The van der Waals surface area contributed by atoms with E-state index in [1.165, 1.54) is 0 Å². The topological polar surface area (TPSA) is 68.0 Å². The molecule has 116 valence electrons. The third-order valence-corrected chi connectivity index (χ3v) is 3.53. The van der Waals surface area contributed by atoms with Crippen LogP contribution in [-0.4, -0.2) is 16.0 Å². The van der Waals surface area contributed by atoms with Gasteiger partial charge in [0.1, 0.15) is 0 Å². The third-order valence-electron chi connectivity index (χ3n) is 3.53. The number of nitrogens with zero attached hydrogens (tertiary/aromatic N) is 2. The quantitative estimate of drug-likeness (QED) is 0.803. The van der Waals surface area contributed by atoms with Gasteiger partial charge in [-0.1, -0.05) is 47.1 Å². The van der Waals surface area contributed by atoms with Gasteiger partial charge in [0.2, 0.25) is 11.7 Å². The number of hydrogen-bond acceptors (Lipinski definition) is 4. The standard InChI is InChI=1S/C18H17N3O2/c1-12-6-5-8-14(10-12)17-20-16(23-21-17)11-19-18(22)15-9-4-3-7-13(15)2/h3-10H,11H2,1-2H3,(H,19,22). The van der Waals surface area contributed by atoms with Crippen LogP contribution in [0.4, 0.5) is 0 Å². The summed E-state index contributed by atoms with van der Waals surface area (Å²) >= 11 is 0. The van der Waals surface area contributed by atoms with Crippen LogP contribution >= 0.6 is 0 Å². The van der Waals surface area contributed by atoms with E-state index in [0.29, 0.717) is 17.3 Å². The molecule has 0 fully saturated rings. The first-order valence-corrected chi connectivity index (χ1v) is 7.37. The zero-order valence-corrected chi connectivity index (χ0v) is 13.0. The summed E-state index contributed by atoms with van der Waals surface area (Å²) in [6, 6.07) is 15.3. The van der Waals surface area contributed by atoms with Crippen LogP contribution in [0.2, 0.25) is 0 Å². The average molecular weight is 307 g/mol. The lowest BCUT2D eigenvalue weighted by Crippen LogP contribution is -2.23. The number of carbonyl (C=O) groups is 1. The van der Waals surface area contributed by atoms with Crippen molar-refractivity contribution in [3.8, 4) is 11.4 Å². The first kappa shape index (κ1) is 15.0. The number of aryl methyl sites for hydroxylation is 2. The molecule has 3 aromatic rings. The molecule has 0 saturated carbocycles. The highest BCUT2D eigenvalue weighted by Crippen LogP contribution is 2.17. The second-order valence-corrected chi connectivity index (χ2v) is 5.38. The molecule has 2 aromatic carbocycles. The maximum atomic E-state index is 12.2. The predicted molar refractivity (Wildman–Crippen MR) is 86.8 cm³/mol. The summed E-state index contributed by atoms with van der Waals surface area (Å²) in [4.78, 5) is 16.5. The molecule has 0 aliphatic rings. The van der Waals surface area contributed by atoms with Crippen molar-refractivity contribution in [3.05, 3.63) is 71.1 Å². The second kappa shape index (κ2) is 6.44. The van der Waals surface area contributed by atoms with Crippen molar-refractivity contribution in [2.45, 2.75) is 20.4 Å². The van der Waals surface area contributed by atoms with Gasteiger partial charge in [0.15, 0.2) is 0 Å². The maximum absolute atomic E-state index is 12.2. The number of benzene rings is 2. The van der Waals surface area contributed by atoms with Gasteiger partial charge >= 0.3 is 0 Å². The van der Waals surface area contributed by atoms with Crippen LogP contribution in [-0.2, 0) is 6.54 Å². The van der Waals surface area contributed by atoms with E-state index in [4.69, 9.17) is 4.52 Å². The molecule has 0 saturated heterocycles. The molecule has 0 spiro atoms. The third kappa shape index (κ3) is 3.45. The van der Waals surface area contributed by atoms with Crippen molar-refractivity contribution >= 4 is 5.91 Å². The molecule has 5 heteroatoms. The largest absolute Gasteiger partial charge is 0.343 e. The van der Waals surface area contributed by atoms with E-state index in [9.17, 15) is 4.79 Å². The summed E-state index contributed by atoms with van der Waals surface area (Å²) in [7, 11) is 0. The van der Waals surface area contributed by atoms with Gasteiger partial charge in [-0.2, -0.15) is 4.98 Å². The number of nitrogens with one attached hydrogen (secondary N) is 1. The van der Waals surface area contributed by atoms with Crippen molar-refractivity contribution in [1.82, 2.24) is 15.5 Å². The monoisotopic (exact) mass is 307 g/mol. The molecular weight excluding hydrogens is 290 g/mol. The minimum Gasteiger partial charge on any atom is -0.343 e. The van der Waals surface area contributed by atoms with Crippen LogP contribution in [0, 0.1) is 13.8 Å². The summed E-state index contributed by atoms with van der Waals surface area (Å²) in [6.07, 6.45) is 0. The van der Waals surface area contributed by atoms with Crippen molar-refractivity contribution in [1.29, 1.82) is 0 Å².